The smallest absolute Gasteiger partial charge is 0.193 e. The SMILES string of the molecule is CN=C(NC1C2CCOC2C1(C)C)N(C)Cc1ccc(Br)s1. The number of aliphatic imine (C=N–C) groups is 1. The number of rotatable bonds is 3. The molecule has 1 saturated carbocycles. The van der Waals surface area contributed by atoms with Crippen LogP contribution < -0.4 is 5.32 Å². The van der Waals surface area contributed by atoms with Gasteiger partial charge in [-0.2, -0.15) is 0 Å². The maximum Gasteiger partial charge on any atom is 0.193 e. The van der Waals surface area contributed by atoms with Crippen LogP contribution in [0.2, 0.25) is 0 Å². The molecule has 0 radical (unpaired) electrons. The normalized spacial score (nSPS) is 29.9. The quantitative estimate of drug-likeness (QED) is 0.640. The van der Waals surface area contributed by atoms with E-state index < -0.39 is 0 Å². The molecule has 0 bridgehead atoms. The molecule has 3 unspecified atom stereocenters. The van der Waals surface area contributed by atoms with Gasteiger partial charge in [-0.25, -0.2) is 0 Å². The minimum atomic E-state index is 0.171. The third-order valence-corrected chi connectivity index (χ3v) is 6.59. The fourth-order valence-electron chi connectivity index (χ4n) is 3.85. The molecular weight excluding hydrogens is 362 g/mol. The van der Waals surface area contributed by atoms with Gasteiger partial charge in [-0.15, -0.1) is 11.3 Å². The van der Waals surface area contributed by atoms with Gasteiger partial charge in [0.15, 0.2) is 5.96 Å². The van der Waals surface area contributed by atoms with Crippen molar-refractivity contribution in [2.24, 2.45) is 16.3 Å². The lowest BCUT2D eigenvalue weighted by Crippen LogP contribution is -2.67. The van der Waals surface area contributed by atoms with Crippen molar-refractivity contribution < 1.29 is 4.74 Å². The summed E-state index contributed by atoms with van der Waals surface area (Å²) in [7, 11) is 3.95. The molecule has 22 heavy (non-hydrogen) atoms. The fourth-order valence-corrected chi connectivity index (χ4v) is 5.38. The summed E-state index contributed by atoms with van der Waals surface area (Å²) >= 11 is 5.29. The Labute approximate surface area is 145 Å². The molecule has 1 aliphatic heterocycles. The van der Waals surface area contributed by atoms with Crippen LogP contribution in [0.1, 0.15) is 25.1 Å². The van der Waals surface area contributed by atoms with Gasteiger partial charge >= 0.3 is 0 Å². The zero-order valence-electron chi connectivity index (χ0n) is 13.6. The molecule has 2 heterocycles. The number of thiophene rings is 1. The van der Waals surface area contributed by atoms with Gasteiger partial charge in [-0.3, -0.25) is 4.99 Å². The van der Waals surface area contributed by atoms with E-state index in [0.29, 0.717) is 18.1 Å². The van der Waals surface area contributed by atoms with E-state index >= 15 is 0 Å². The van der Waals surface area contributed by atoms with Gasteiger partial charge in [0.25, 0.3) is 0 Å². The standard InChI is InChI=1S/C16H24BrN3OS/c1-16(2)13(11-7-8-21-14(11)16)19-15(18-3)20(4)9-10-5-6-12(17)22-10/h5-6,11,13-14H,7-9H2,1-4H3,(H,18,19). The second kappa shape index (κ2) is 6.13. The van der Waals surface area contributed by atoms with Crippen molar-refractivity contribution in [2.75, 3.05) is 20.7 Å². The molecule has 3 atom stereocenters. The van der Waals surface area contributed by atoms with Gasteiger partial charge in [-0.1, -0.05) is 13.8 Å². The number of hydrogen-bond acceptors (Lipinski definition) is 3. The summed E-state index contributed by atoms with van der Waals surface area (Å²) in [6, 6.07) is 4.70. The molecule has 1 aliphatic carbocycles. The average molecular weight is 386 g/mol. The molecule has 6 heteroatoms. The Balaban J connectivity index is 1.65. The first kappa shape index (κ1) is 16.3. The summed E-state index contributed by atoms with van der Waals surface area (Å²) in [4.78, 5) is 7.99. The summed E-state index contributed by atoms with van der Waals surface area (Å²) in [5.41, 5.74) is 0.171. The first-order valence-corrected chi connectivity index (χ1v) is 9.34. The van der Waals surface area contributed by atoms with Crippen LogP contribution in [0.15, 0.2) is 20.9 Å². The first-order chi connectivity index (χ1) is 10.4. The Morgan fingerprint density at radius 3 is 2.95 bits per heavy atom. The predicted octanol–water partition coefficient (Wildman–Crippen LogP) is 3.33. The van der Waals surface area contributed by atoms with E-state index in [4.69, 9.17) is 4.74 Å². The van der Waals surface area contributed by atoms with Crippen molar-refractivity contribution in [1.82, 2.24) is 10.2 Å². The highest BCUT2D eigenvalue weighted by Crippen LogP contribution is 2.52. The minimum Gasteiger partial charge on any atom is -0.377 e. The molecule has 122 valence electrons. The first-order valence-electron chi connectivity index (χ1n) is 7.73. The van der Waals surface area contributed by atoms with E-state index in [-0.39, 0.29) is 5.41 Å². The van der Waals surface area contributed by atoms with Gasteiger partial charge in [0.05, 0.1) is 16.4 Å². The number of nitrogens with zero attached hydrogens (tertiary/aromatic N) is 2. The maximum absolute atomic E-state index is 5.87. The van der Waals surface area contributed by atoms with E-state index in [1.54, 1.807) is 11.3 Å². The summed E-state index contributed by atoms with van der Waals surface area (Å²) < 4.78 is 7.05. The Morgan fingerprint density at radius 1 is 1.55 bits per heavy atom. The zero-order chi connectivity index (χ0) is 15.9. The molecule has 1 aromatic heterocycles. The van der Waals surface area contributed by atoms with Crippen molar-refractivity contribution in [3.05, 3.63) is 20.8 Å². The minimum absolute atomic E-state index is 0.171. The van der Waals surface area contributed by atoms with Crippen molar-refractivity contribution in [3.8, 4) is 0 Å². The summed E-state index contributed by atoms with van der Waals surface area (Å²) in [6.07, 6.45) is 1.56. The summed E-state index contributed by atoms with van der Waals surface area (Å²) in [5, 5.41) is 3.68. The van der Waals surface area contributed by atoms with E-state index in [2.05, 4.69) is 64.2 Å². The van der Waals surface area contributed by atoms with Gasteiger partial charge in [0.2, 0.25) is 0 Å². The highest BCUT2D eigenvalue weighted by Gasteiger charge is 2.59. The maximum atomic E-state index is 5.87. The average Bonchev–Trinajstić information content (AvgIpc) is 3.07. The van der Waals surface area contributed by atoms with Crippen LogP contribution in [-0.2, 0) is 11.3 Å². The molecule has 1 aromatic rings. The van der Waals surface area contributed by atoms with E-state index in [9.17, 15) is 0 Å². The summed E-state index contributed by atoms with van der Waals surface area (Å²) in [6.45, 7) is 6.35. The molecule has 1 N–H and O–H groups in total. The molecule has 2 fully saturated rings. The molecule has 1 saturated heterocycles. The number of fused-ring (bicyclic) bond motifs is 1. The number of nitrogens with one attached hydrogen (secondary N) is 1. The monoisotopic (exact) mass is 385 g/mol. The van der Waals surface area contributed by atoms with E-state index in [1.807, 2.05) is 7.05 Å². The lowest BCUT2D eigenvalue weighted by molar-refractivity contribution is -0.107. The van der Waals surface area contributed by atoms with Crippen molar-refractivity contribution in [2.45, 2.75) is 39.0 Å². The number of halogens is 1. The largest absolute Gasteiger partial charge is 0.377 e. The molecule has 4 nitrogen and oxygen atoms in total. The third-order valence-electron chi connectivity index (χ3n) is 4.98. The topological polar surface area (TPSA) is 36.9 Å². The fraction of sp³-hybridized carbons (Fsp3) is 0.688. The van der Waals surface area contributed by atoms with Crippen LogP contribution in [0.5, 0.6) is 0 Å². The van der Waals surface area contributed by atoms with Crippen LogP contribution in [0.25, 0.3) is 0 Å². The van der Waals surface area contributed by atoms with Crippen LogP contribution in [0, 0.1) is 11.3 Å². The van der Waals surface area contributed by atoms with Crippen LogP contribution in [0.4, 0.5) is 0 Å². The molecular formula is C16H24BrN3OS. The Hall–Kier alpha value is -0.590. The second-order valence-corrected chi connectivity index (χ2v) is 9.34. The predicted molar refractivity (Wildman–Crippen MR) is 95.4 cm³/mol. The Morgan fingerprint density at radius 2 is 2.32 bits per heavy atom. The molecule has 2 aliphatic rings. The van der Waals surface area contributed by atoms with Crippen molar-refractivity contribution >= 4 is 33.2 Å². The van der Waals surface area contributed by atoms with Crippen LogP contribution in [0.3, 0.4) is 0 Å². The van der Waals surface area contributed by atoms with Crippen LogP contribution in [-0.4, -0.2) is 43.7 Å². The number of hydrogen-bond donors (Lipinski definition) is 1. The number of ether oxygens (including phenoxy) is 1. The highest BCUT2D eigenvalue weighted by molar-refractivity contribution is 9.11. The highest BCUT2D eigenvalue weighted by atomic mass is 79.9. The molecule has 0 aromatic carbocycles. The van der Waals surface area contributed by atoms with Gasteiger partial charge < -0.3 is 15.0 Å². The van der Waals surface area contributed by atoms with Crippen molar-refractivity contribution in [1.29, 1.82) is 0 Å². The van der Waals surface area contributed by atoms with E-state index in [1.165, 1.54) is 8.66 Å². The summed E-state index contributed by atoms with van der Waals surface area (Å²) in [5.74, 6) is 1.59. The van der Waals surface area contributed by atoms with Gasteiger partial charge in [-0.05, 0) is 34.5 Å². The molecule has 0 spiro atoms. The van der Waals surface area contributed by atoms with Gasteiger partial charge in [0, 0.05) is 43.0 Å². The van der Waals surface area contributed by atoms with E-state index in [0.717, 1.165) is 25.5 Å². The molecule has 3 rings (SSSR count). The Bertz CT molecular complexity index is 571. The number of guanidine groups is 1. The Kier molecular flexibility index (Phi) is 4.54. The van der Waals surface area contributed by atoms with Crippen LogP contribution >= 0.6 is 27.3 Å². The van der Waals surface area contributed by atoms with Gasteiger partial charge in [0.1, 0.15) is 0 Å². The zero-order valence-corrected chi connectivity index (χ0v) is 16.0. The lowest BCUT2D eigenvalue weighted by atomic mass is 9.57. The second-order valence-electron chi connectivity index (χ2n) is 6.80. The molecule has 0 amide bonds. The third kappa shape index (κ3) is 2.81. The lowest BCUT2D eigenvalue weighted by Gasteiger charge is -2.55. The van der Waals surface area contributed by atoms with Crippen molar-refractivity contribution in [3.63, 3.8) is 0 Å².